The second-order valence-corrected chi connectivity index (χ2v) is 4.64. The molecule has 0 spiro atoms. The number of carbonyl (C=O) groups excluding carboxylic acids is 1. The van der Waals surface area contributed by atoms with E-state index in [9.17, 15) is 9.18 Å². The number of aryl methyl sites for hydroxylation is 1. The van der Waals surface area contributed by atoms with E-state index in [1.54, 1.807) is 25.3 Å². The molecule has 0 saturated heterocycles. The number of amides is 1. The van der Waals surface area contributed by atoms with Gasteiger partial charge in [-0.05, 0) is 43.7 Å². The van der Waals surface area contributed by atoms with Gasteiger partial charge in [0.05, 0.1) is 11.8 Å². The highest BCUT2D eigenvalue weighted by Gasteiger charge is 2.14. The van der Waals surface area contributed by atoms with Crippen LogP contribution in [0.5, 0.6) is 0 Å². The molecule has 0 radical (unpaired) electrons. The number of carbonyl (C=O) groups is 1. The van der Waals surface area contributed by atoms with Crippen LogP contribution in [0.2, 0.25) is 0 Å². The lowest BCUT2D eigenvalue weighted by Gasteiger charge is -2.13. The van der Waals surface area contributed by atoms with Crippen LogP contribution in [0.4, 0.5) is 4.39 Å². The largest absolute Gasteiger partial charge is 0.469 e. The van der Waals surface area contributed by atoms with Crippen molar-refractivity contribution in [1.82, 2.24) is 5.32 Å². The summed E-state index contributed by atoms with van der Waals surface area (Å²) in [5, 5.41) is 2.76. The summed E-state index contributed by atoms with van der Waals surface area (Å²) in [6, 6.07) is 8.08. The van der Waals surface area contributed by atoms with E-state index in [-0.39, 0.29) is 11.6 Å². The highest BCUT2D eigenvalue weighted by atomic mass is 19.1. The van der Waals surface area contributed by atoms with E-state index in [0.717, 1.165) is 11.3 Å². The fraction of sp³-hybridized carbons (Fsp3) is 0.267. The van der Waals surface area contributed by atoms with Crippen LogP contribution in [0.3, 0.4) is 0 Å². The molecule has 4 heteroatoms. The molecule has 3 nitrogen and oxygen atoms in total. The van der Waals surface area contributed by atoms with Crippen molar-refractivity contribution in [2.75, 3.05) is 0 Å². The van der Waals surface area contributed by atoms with Crippen LogP contribution in [-0.2, 0) is 6.42 Å². The van der Waals surface area contributed by atoms with Gasteiger partial charge in [0, 0.05) is 12.5 Å². The maximum Gasteiger partial charge on any atom is 0.254 e. The fourth-order valence-corrected chi connectivity index (χ4v) is 1.89. The molecule has 2 aromatic rings. The molecular formula is C15H16FNO2. The Morgan fingerprint density at radius 3 is 2.84 bits per heavy atom. The molecule has 1 atom stereocenters. The lowest BCUT2D eigenvalue weighted by atomic mass is 10.1. The monoisotopic (exact) mass is 261 g/mol. The van der Waals surface area contributed by atoms with E-state index in [4.69, 9.17) is 4.42 Å². The van der Waals surface area contributed by atoms with Crippen LogP contribution in [-0.4, -0.2) is 11.9 Å². The summed E-state index contributed by atoms with van der Waals surface area (Å²) in [6.45, 7) is 3.64. The smallest absolute Gasteiger partial charge is 0.254 e. The molecule has 1 amide bonds. The van der Waals surface area contributed by atoms with Crippen LogP contribution >= 0.6 is 0 Å². The van der Waals surface area contributed by atoms with E-state index in [2.05, 4.69) is 5.32 Å². The van der Waals surface area contributed by atoms with Crippen molar-refractivity contribution in [2.45, 2.75) is 26.3 Å². The third kappa shape index (κ3) is 3.44. The zero-order chi connectivity index (χ0) is 13.8. The third-order valence-corrected chi connectivity index (χ3v) is 2.83. The number of rotatable bonds is 4. The summed E-state index contributed by atoms with van der Waals surface area (Å²) in [7, 11) is 0. The first-order valence-electron chi connectivity index (χ1n) is 6.15. The lowest BCUT2D eigenvalue weighted by Crippen LogP contribution is -2.34. The van der Waals surface area contributed by atoms with Gasteiger partial charge in [-0.3, -0.25) is 4.79 Å². The van der Waals surface area contributed by atoms with Crippen molar-refractivity contribution in [1.29, 1.82) is 0 Å². The Morgan fingerprint density at radius 2 is 2.21 bits per heavy atom. The molecule has 19 heavy (non-hydrogen) atoms. The van der Waals surface area contributed by atoms with Gasteiger partial charge in [-0.15, -0.1) is 0 Å². The fourth-order valence-electron chi connectivity index (χ4n) is 1.89. The predicted molar refractivity (Wildman–Crippen MR) is 70.5 cm³/mol. The maximum absolute atomic E-state index is 13.6. The highest BCUT2D eigenvalue weighted by molar-refractivity contribution is 5.94. The average Bonchev–Trinajstić information content (AvgIpc) is 2.81. The number of furan rings is 1. The van der Waals surface area contributed by atoms with E-state index in [1.807, 2.05) is 13.0 Å². The standard InChI is InChI=1S/C15H16FNO2/c1-10-5-6-13(14(16)8-10)15(18)17-11(2)9-12-4-3-7-19-12/h3-8,11H,9H2,1-2H3,(H,17,18). The Hall–Kier alpha value is -2.10. The van der Waals surface area contributed by atoms with Gasteiger partial charge >= 0.3 is 0 Å². The molecule has 1 unspecified atom stereocenters. The molecular weight excluding hydrogens is 245 g/mol. The van der Waals surface area contributed by atoms with Crippen molar-refractivity contribution in [3.8, 4) is 0 Å². The Balaban J connectivity index is 2.00. The summed E-state index contributed by atoms with van der Waals surface area (Å²) >= 11 is 0. The number of hydrogen-bond donors (Lipinski definition) is 1. The van der Waals surface area contributed by atoms with E-state index >= 15 is 0 Å². The molecule has 0 fully saturated rings. The third-order valence-electron chi connectivity index (χ3n) is 2.83. The summed E-state index contributed by atoms with van der Waals surface area (Å²) in [5.74, 6) is -0.114. The second-order valence-electron chi connectivity index (χ2n) is 4.64. The summed E-state index contributed by atoms with van der Waals surface area (Å²) < 4.78 is 18.9. The molecule has 100 valence electrons. The normalized spacial score (nSPS) is 12.2. The van der Waals surface area contributed by atoms with Gasteiger partial charge in [0.2, 0.25) is 0 Å². The molecule has 0 aliphatic carbocycles. The van der Waals surface area contributed by atoms with Gasteiger partial charge in [-0.25, -0.2) is 4.39 Å². The van der Waals surface area contributed by atoms with E-state index < -0.39 is 11.7 Å². The maximum atomic E-state index is 13.6. The second kappa shape index (κ2) is 5.69. The molecule has 1 aromatic heterocycles. The van der Waals surface area contributed by atoms with Gasteiger partial charge in [-0.2, -0.15) is 0 Å². The van der Waals surface area contributed by atoms with Crippen LogP contribution in [0.25, 0.3) is 0 Å². The first-order chi connectivity index (χ1) is 9.06. The molecule has 0 bridgehead atoms. The van der Waals surface area contributed by atoms with Crippen molar-refractivity contribution in [3.63, 3.8) is 0 Å². The summed E-state index contributed by atoms with van der Waals surface area (Å²) in [6.07, 6.45) is 2.16. The molecule has 1 N–H and O–H groups in total. The Bertz CT molecular complexity index is 564. The topological polar surface area (TPSA) is 42.2 Å². The minimum Gasteiger partial charge on any atom is -0.469 e. The first-order valence-corrected chi connectivity index (χ1v) is 6.15. The van der Waals surface area contributed by atoms with Gasteiger partial charge in [-0.1, -0.05) is 6.07 Å². The number of hydrogen-bond acceptors (Lipinski definition) is 2. The molecule has 1 heterocycles. The van der Waals surface area contributed by atoms with Crippen molar-refractivity contribution in [2.24, 2.45) is 0 Å². The molecule has 0 aliphatic rings. The number of halogens is 1. The van der Waals surface area contributed by atoms with Crippen molar-refractivity contribution in [3.05, 3.63) is 59.3 Å². The SMILES string of the molecule is Cc1ccc(C(=O)NC(C)Cc2ccco2)c(F)c1. The Kier molecular flexibility index (Phi) is 4.00. The van der Waals surface area contributed by atoms with Crippen LogP contribution < -0.4 is 5.32 Å². The molecule has 0 aliphatic heterocycles. The number of nitrogens with one attached hydrogen (secondary N) is 1. The van der Waals surface area contributed by atoms with E-state index in [0.29, 0.717) is 6.42 Å². The summed E-state index contributed by atoms with van der Waals surface area (Å²) in [5.41, 5.74) is 0.856. The molecule has 1 aromatic carbocycles. The first kappa shape index (κ1) is 13.3. The van der Waals surface area contributed by atoms with Gasteiger partial charge in [0.25, 0.3) is 5.91 Å². The molecule has 2 rings (SSSR count). The predicted octanol–water partition coefficient (Wildman–Crippen LogP) is 3.09. The van der Waals surface area contributed by atoms with Gasteiger partial charge in [0.1, 0.15) is 11.6 Å². The Morgan fingerprint density at radius 1 is 1.42 bits per heavy atom. The van der Waals surface area contributed by atoms with Crippen LogP contribution in [0, 0.1) is 12.7 Å². The Labute approximate surface area is 111 Å². The number of benzene rings is 1. The van der Waals surface area contributed by atoms with Crippen molar-refractivity contribution >= 4 is 5.91 Å². The minimum atomic E-state index is -0.498. The zero-order valence-electron chi connectivity index (χ0n) is 10.9. The average molecular weight is 261 g/mol. The van der Waals surface area contributed by atoms with Crippen LogP contribution in [0.15, 0.2) is 41.0 Å². The summed E-state index contributed by atoms with van der Waals surface area (Å²) in [4.78, 5) is 11.9. The highest BCUT2D eigenvalue weighted by Crippen LogP contribution is 2.11. The van der Waals surface area contributed by atoms with Gasteiger partial charge < -0.3 is 9.73 Å². The van der Waals surface area contributed by atoms with E-state index in [1.165, 1.54) is 12.1 Å². The van der Waals surface area contributed by atoms with Crippen LogP contribution in [0.1, 0.15) is 28.6 Å². The minimum absolute atomic E-state index is 0.0666. The lowest BCUT2D eigenvalue weighted by molar-refractivity contribution is 0.0935. The zero-order valence-corrected chi connectivity index (χ0v) is 10.9. The quantitative estimate of drug-likeness (QED) is 0.919. The van der Waals surface area contributed by atoms with Gasteiger partial charge in [0.15, 0.2) is 0 Å². The van der Waals surface area contributed by atoms with Crippen molar-refractivity contribution < 1.29 is 13.6 Å². The molecule has 0 saturated carbocycles.